The molecule has 0 radical (unpaired) electrons. The summed E-state index contributed by atoms with van der Waals surface area (Å²) in [6.45, 7) is 5.65. The Labute approximate surface area is 202 Å². The molecule has 2 aromatic carbocycles. The van der Waals surface area contributed by atoms with Crippen LogP contribution in [0, 0.1) is 11.3 Å². The van der Waals surface area contributed by atoms with Gasteiger partial charge in [-0.2, -0.15) is 5.26 Å². The smallest absolute Gasteiger partial charge is 0.234 e. The number of amides is 1. The van der Waals surface area contributed by atoms with E-state index in [4.69, 9.17) is 16.3 Å². The summed E-state index contributed by atoms with van der Waals surface area (Å²) in [5, 5.41) is 17.1. The van der Waals surface area contributed by atoms with E-state index in [0.29, 0.717) is 44.9 Å². The maximum Gasteiger partial charge on any atom is 0.234 e. The fraction of sp³-hybridized carbons (Fsp3) is 0.240. The van der Waals surface area contributed by atoms with Crippen molar-refractivity contribution >= 4 is 40.7 Å². The summed E-state index contributed by atoms with van der Waals surface area (Å²) in [5.41, 5.74) is 2.94. The van der Waals surface area contributed by atoms with Gasteiger partial charge in [0.05, 0.1) is 40.6 Å². The van der Waals surface area contributed by atoms with Crippen molar-refractivity contribution in [2.75, 3.05) is 17.7 Å². The zero-order valence-electron chi connectivity index (χ0n) is 18.6. The minimum Gasteiger partial charge on any atom is -0.492 e. The SMILES string of the molecule is CCOc1ccccc1NC(=O)CSC1=C(C#N)[C@@H](c2ccc(Cl)cc2)C(C(C)=O)=C(C)N1. The lowest BCUT2D eigenvalue weighted by Crippen LogP contribution is -2.27. The van der Waals surface area contributed by atoms with E-state index in [1.54, 1.807) is 31.2 Å². The second-order valence-electron chi connectivity index (χ2n) is 7.33. The van der Waals surface area contributed by atoms with E-state index in [-0.39, 0.29) is 17.4 Å². The van der Waals surface area contributed by atoms with Gasteiger partial charge in [0, 0.05) is 16.3 Å². The fourth-order valence-corrected chi connectivity index (χ4v) is 4.68. The van der Waals surface area contributed by atoms with E-state index in [1.165, 1.54) is 18.7 Å². The molecule has 6 nitrogen and oxygen atoms in total. The number of nitrogens with zero attached hydrogens (tertiary/aromatic N) is 1. The Morgan fingerprint density at radius 3 is 2.55 bits per heavy atom. The van der Waals surface area contributed by atoms with Gasteiger partial charge in [-0.05, 0) is 50.6 Å². The van der Waals surface area contributed by atoms with Gasteiger partial charge in [-0.25, -0.2) is 0 Å². The van der Waals surface area contributed by atoms with Gasteiger partial charge in [-0.1, -0.05) is 47.6 Å². The largest absolute Gasteiger partial charge is 0.492 e. The molecular formula is C25H24ClN3O3S. The number of thioether (sulfide) groups is 1. The van der Waals surface area contributed by atoms with Crippen molar-refractivity contribution in [2.45, 2.75) is 26.7 Å². The van der Waals surface area contributed by atoms with Crippen LogP contribution in [0.15, 0.2) is 70.4 Å². The van der Waals surface area contributed by atoms with Crippen molar-refractivity contribution in [2.24, 2.45) is 0 Å². The summed E-state index contributed by atoms with van der Waals surface area (Å²) in [6, 6.07) is 16.6. The van der Waals surface area contributed by atoms with Gasteiger partial charge in [-0.3, -0.25) is 9.59 Å². The number of rotatable bonds is 8. The minimum atomic E-state index is -0.532. The van der Waals surface area contributed by atoms with E-state index in [2.05, 4.69) is 16.7 Å². The normalized spacial score (nSPS) is 15.5. The Morgan fingerprint density at radius 2 is 1.91 bits per heavy atom. The number of Topliss-reactive ketones (excluding diaryl/α,β-unsaturated/α-hetero) is 1. The highest BCUT2D eigenvalue weighted by molar-refractivity contribution is 8.03. The number of hydrogen-bond donors (Lipinski definition) is 2. The lowest BCUT2D eigenvalue weighted by Gasteiger charge is -2.29. The zero-order valence-corrected chi connectivity index (χ0v) is 20.1. The first-order valence-corrected chi connectivity index (χ1v) is 11.7. The van der Waals surface area contributed by atoms with Crippen molar-refractivity contribution in [3.63, 3.8) is 0 Å². The van der Waals surface area contributed by atoms with Crippen molar-refractivity contribution < 1.29 is 14.3 Å². The second-order valence-corrected chi connectivity index (χ2v) is 8.75. The third-order valence-electron chi connectivity index (χ3n) is 5.04. The quantitative estimate of drug-likeness (QED) is 0.524. The van der Waals surface area contributed by atoms with Crippen LogP contribution in [0.1, 0.15) is 32.3 Å². The Balaban J connectivity index is 1.85. The molecule has 0 aromatic heterocycles. The number of dihydropyridines is 1. The van der Waals surface area contributed by atoms with Crippen molar-refractivity contribution in [3.05, 3.63) is 81.0 Å². The van der Waals surface area contributed by atoms with Crippen LogP contribution in [0.4, 0.5) is 5.69 Å². The van der Waals surface area contributed by atoms with Crippen LogP contribution in [-0.2, 0) is 9.59 Å². The maximum atomic E-state index is 12.6. The molecule has 1 aliphatic heterocycles. The average Bonchev–Trinajstić information content (AvgIpc) is 2.79. The molecule has 0 aliphatic carbocycles. The van der Waals surface area contributed by atoms with Gasteiger partial charge in [0.25, 0.3) is 0 Å². The average molecular weight is 482 g/mol. The van der Waals surface area contributed by atoms with Crippen LogP contribution in [0.3, 0.4) is 0 Å². The van der Waals surface area contributed by atoms with Crippen molar-refractivity contribution in [1.29, 1.82) is 5.26 Å². The molecule has 0 bridgehead atoms. The first kappa shape index (κ1) is 24.4. The molecule has 0 saturated carbocycles. The summed E-state index contributed by atoms with van der Waals surface area (Å²) in [4.78, 5) is 25.1. The van der Waals surface area contributed by atoms with E-state index < -0.39 is 5.92 Å². The molecule has 0 fully saturated rings. The number of ketones is 1. The highest BCUT2D eigenvalue weighted by Gasteiger charge is 2.33. The maximum absolute atomic E-state index is 12.6. The predicted octanol–water partition coefficient (Wildman–Crippen LogP) is 5.40. The highest BCUT2D eigenvalue weighted by Crippen LogP contribution is 2.41. The molecule has 33 heavy (non-hydrogen) atoms. The van der Waals surface area contributed by atoms with Gasteiger partial charge >= 0.3 is 0 Å². The van der Waals surface area contributed by atoms with Gasteiger partial charge in [0.1, 0.15) is 5.75 Å². The lowest BCUT2D eigenvalue weighted by molar-refractivity contribution is -0.114. The van der Waals surface area contributed by atoms with Crippen LogP contribution in [-0.4, -0.2) is 24.1 Å². The monoisotopic (exact) mass is 481 g/mol. The summed E-state index contributed by atoms with van der Waals surface area (Å²) in [6.07, 6.45) is 0. The Kier molecular flexibility index (Phi) is 8.21. The molecule has 0 unspecified atom stereocenters. The standard InChI is InChI=1S/C25H24ClN3O3S/c1-4-32-21-8-6-5-7-20(21)29-22(31)14-33-25-19(13-27)24(17-9-11-18(26)12-10-17)23(16(3)30)15(2)28-25/h5-12,24,28H,4,14H2,1-3H3,(H,29,31)/t24-/m1/s1. The molecule has 8 heteroatoms. The van der Waals surface area contributed by atoms with Crippen molar-refractivity contribution in [1.82, 2.24) is 5.32 Å². The number of carbonyl (C=O) groups excluding carboxylic acids is 2. The molecule has 1 aliphatic rings. The topological polar surface area (TPSA) is 91.2 Å². The van der Waals surface area contributed by atoms with Crippen LogP contribution in [0.25, 0.3) is 0 Å². The number of ether oxygens (including phenoxy) is 1. The lowest BCUT2D eigenvalue weighted by atomic mass is 9.81. The van der Waals surface area contributed by atoms with E-state index in [9.17, 15) is 14.9 Å². The van der Waals surface area contributed by atoms with Crippen LogP contribution >= 0.6 is 23.4 Å². The fourth-order valence-electron chi connectivity index (χ4n) is 3.66. The molecule has 1 amide bonds. The second kappa shape index (κ2) is 11.1. The predicted molar refractivity (Wildman–Crippen MR) is 132 cm³/mol. The number of halogens is 1. The summed E-state index contributed by atoms with van der Waals surface area (Å²) >= 11 is 7.25. The van der Waals surface area contributed by atoms with Gasteiger partial charge in [0.15, 0.2) is 5.78 Å². The zero-order chi connectivity index (χ0) is 24.0. The van der Waals surface area contributed by atoms with E-state index in [0.717, 1.165) is 5.56 Å². The van der Waals surface area contributed by atoms with E-state index >= 15 is 0 Å². The molecule has 0 saturated heterocycles. The third-order valence-corrected chi connectivity index (χ3v) is 6.31. The van der Waals surface area contributed by atoms with Crippen molar-refractivity contribution in [3.8, 4) is 11.8 Å². The van der Waals surface area contributed by atoms with Crippen LogP contribution in [0.2, 0.25) is 5.02 Å². The third kappa shape index (κ3) is 5.78. The summed E-state index contributed by atoms with van der Waals surface area (Å²) < 4.78 is 5.55. The molecule has 2 N–H and O–H groups in total. The summed E-state index contributed by atoms with van der Waals surface area (Å²) in [5.74, 6) is -0.221. The first-order valence-electron chi connectivity index (χ1n) is 10.4. The van der Waals surface area contributed by atoms with E-state index in [1.807, 2.05) is 31.2 Å². The van der Waals surface area contributed by atoms with Gasteiger partial charge in [-0.15, -0.1) is 0 Å². The molecule has 3 rings (SSSR count). The number of hydrogen-bond acceptors (Lipinski definition) is 6. The molecule has 0 spiro atoms. The molecular weight excluding hydrogens is 458 g/mol. The number of nitriles is 1. The summed E-state index contributed by atoms with van der Waals surface area (Å²) in [7, 11) is 0. The van der Waals surface area contributed by atoms with Gasteiger partial charge in [0.2, 0.25) is 5.91 Å². The Morgan fingerprint density at radius 1 is 1.21 bits per heavy atom. The number of anilines is 1. The Hall–Kier alpha value is -3.21. The minimum absolute atomic E-state index is 0.0734. The molecule has 2 aromatic rings. The van der Waals surface area contributed by atoms with Crippen LogP contribution < -0.4 is 15.4 Å². The number of carbonyl (C=O) groups is 2. The van der Waals surface area contributed by atoms with Gasteiger partial charge < -0.3 is 15.4 Å². The number of benzene rings is 2. The molecule has 1 atom stereocenters. The first-order chi connectivity index (χ1) is 15.8. The molecule has 1 heterocycles. The Bertz CT molecular complexity index is 1170. The number of nitrogens with one attached hydrogen (secondary N) is 2. The number of allylic oxidation sites excluding steroid dienone is 3. The highest BCUT2D eigenvalue weighted by atomic mass is 35.5. The number of para-hydroxylation sites is 2. The molecule has 170 valence electrons. The van der Waals surface area contributed by atoms with Crippen LogP contribution in [0.5, 0.6) is 5.75 Å².